The molecule has 4 rings (SSSR count). The number of ether oxygens (including phenoxy) is 2. The van der Waals surface area contributed by atoms with Crippen molar-refractivity contribution < 1.29 is 14.3 Å². The van der Waals surface area contributed by atoms with Crippen molar-refractivity contribution >= 4 is 11.8 Å². The first kappa shape index (κ1) is 17.0. The molecule has 0 saturated heterocycles. The molecule has 0 amide bonds. The number of aromatic nitrogens is 4. The van der Waals surface area contributed by atoms with E-state index < -0.39 is 5.97 Å². The second-order valence-electron chi connectivity index (χ2n) is 6.10. The SMILES string of the molecule is COC(=O)c1ccc(N2CCn3c(nnc3-c3ccccc3)C2)nc1OC. The second kappa shape index (κ2) is 7.06. The third-order valence-corrected chi connectivity index (χ3v) is 4.55. The van der Waals surface area contributed by atoms with Crippen molar-refractivity contribution in [3.63, 3.8) is 0 Å². The van der Waals surface area contributed by atoms with E-state index in [-0.39, 0.29) is 5.88 Å². The van der Waals surface area contributed by atoms with E-state index in [4.69, 9.17) is 9.47 Å². The molecule has 0 radical (unpaired) electrons. The van der Waals surface area contributed by atoms with E-state index >= 15 is 0 Å². The maximum atomic E-state index is 11.8. The van der Waals surface area contributed by atoms with Crippen LogP contribution < -0.4 is 9.64 Å². The Morgan fingerprint density at radius 3 is 2.59 bits per heavy atom. The Kier molecular flexibility index (Phi) is 4.45. The third kappa shape index (κ3) is 3.10. The summed E-state index contributed by atoms with van der Waals surface area (Å²) in [6.45, 7) is 2.07. The molecule has 2 aromatic heterocycles. The van der Waals surface area contributed by atoms with Gasteiger partial charge in [0.2, 0.25) is 5.88 Å². The fraction of sp³-hybridized carbons (Fsp3) is 0.263. The number of hydrogen-bond acceptors (Lipinski definition) is 7. The minimum Gasteiger partial charge on any atom is -0.480 e. The average molecular weight is 365 g/mol. The van der Waals surface area contributed by atoms with E-state index in [0.717, 1.165) is 36.1 Å². The van der Waals surface area contributed by atoms with E-state index in [1.54, 1.807) is 12.1 Å². The summed E-state index contributed by atoms with van der Waals surface area (Å²) in [6.07, 6.45) is 0. The lowest BCUT2D eigenvalue weighted by Crippen LogP contribution is -2.34. The fourth-order valence-electron chi connectivity index (χ4n) is 3.18. The predicted octanol–water partition coefficient (Wildman–Crippen LogP) is 2.16. The van der Waals surface area contributed by atoms with Crippen molar-refractivity contribution in [3.05, 3.63) is 53.9 Å². The normalized spacial score (nSPS) is 13.2. The molecule has 27 heavy (non-hydrogen) atoms. The number of benzene rings is 1. The van der Waals surface area contributed by atoms with Crippen LogP contribution in [0.3, 0.4) is 0 Å². The van der Waals surface area contributed by atoms with Gasteiger partial charge in [-0.15, -0.1) is 10.2 Å². The summed E-state index contributed by atoms with van der Waals surface area (Å²) in [4.78, 5) is 18.4. The van der Waals surface area contributed by atoms with Crippen LogP contribution in [0.15, 0.2) is 42.5 Å². The van der Waals surface area contributed by atoms with Crippen LogP contribution >= 0.6 is 0 Å². The van der Waals surface area contributed by atoms with Gasteiger partial charge in [-0.25, -0.2) is 4.79 Å². The van der Waals surface area contributed by atoms with Crippen LogP contribution in [0, 0.1) is 0 Å². The largest absolute Gasteiger partial charge is 0.480 e. The molecule has 0 saturated carbocycles. The first-order chi connectivity index (χ1) is 13.2. The highest BCUT2D eigenvalue weighted by molar-refractivity contribution is 5.92. The first-order valence-electron chi connectivity index (χ1n) is 8.57. The lowest BCUT2D eigenvalue weighted by atomic mass is 10.2. The zero-order valence-corrected chi connectivity index (χ0v) is 15.1. The molecule has 0 fully saturated rings. The zero-order valence-electron chi connectivity index (χ0n) is 15.1. The van der Waals surface area contributed by atoms with Crippen molar-refractivity contribution in [2.24, 2.45) is 0 Å². The second-order valence-corrected chi connectivity index (χ2v) is 6.10. The van der Waals surface area contributed by atoms with Gasteiger partial charge in [0.25, 0.3) is 0 Å². The summed E-state index contributed by atoms with van der Waals surface area (Å²) in [6, 6.07) is 13.5. The average Bonchev–Trinajstić information content (AvgIpc) is 3.16. The number of nitrogens with zero attached hydrogens (tertiary/aromatic N) is 5. The van der Waals surface area contributed by atoms with Gasteiger partial charge in [-0.1, -0.05) is 30.3 Å². The van der Waals surface area contributed by atoms with Crippen molar-refractivity contribution in [2.75, 3.05) is 25.7 Å². The Balaban J connectivity index is 1.60. The van der Waals surface area contributed by atoms with Gasteiger partial charge < -0.3 is 18.9 Å². The molecule has 1 aromatic carbocycles. The molecule has 1 aliphatic heterocycles. The summed E-state index contributed by atoms with van der Waals surface area (Å²) in [5.74, 6) is 2.23. The van der Waals surface area contributed by atoms with Crippen molar-refractivity contribution in [1.82, 2.24) is 19.7 Å². The standard InChI is InChI=1S/C19H19N5O3/c1-26-18-14(19(25)27-2)8-9-15(20-18)23-10-11-24-16(12-23)21-22-17(24)13-6-4-3-5-7-13/h3-9H,10-12H2,1-2H3. The monoisotopic (exact) mass is 365 g/mol. The van der Waals surface area contributed by atoms with Gasteiger partial charge in [-0.2, -0.15) is 4.98 Å². The minimum atomic E-state index is -0.475. The van der Waals surface area contributed by atoms with Gasteiger partial charge in [-0.3, -0.25) is 0 Å². The summed E-state index contributed by atoms with van der Waals surface area (Å²) < 4.78 is 12.2. The maximum Gasteiger partial charge on any atom is 0.343 e. The Morgan fingerprint density at radius 2 is 1.85 bits per heavy atom. The number of rotatable bonds is 4. The van der Waals surface area contributed by atoms with Crippen molar-refractivity contribution in [3.8, 4) is 17.3 Å². The number of anilines is 1. The van der Waals surface area contributed by atoms with Gasteiger partial charge in [0.05, 0.1) is 20.8 Å². The summed E-state index contributed by atoms with van der Waals surface area (Å²) >= 11 is 0. The maximum absolute atomic E-state index is 11.8. The number of esters is 1. The Bertz CT molecular complexity index is 971. The molecule has 0 spiro atoms. The Labute approximate surface area is 156 Å². The van der Waals surface area contributed by atoms with Crippen molar-refractivity contribution in [2.45, 2.75) is 13.1 Å². The van der Waals surface area contributed by atoms with E-state index in [1.807, 2.05) is 30.3 Å². The molecule has 0 N–H and O–H groups in total. The van der Waals surface area contributed by atoms with Crippen LogP contribution in [0.25, 0.3) is 11.4 Å². The number of hydrogen-bond donors (Lipinski definition) is 0. The predicted molar refractivity (Wildman–Crippen MR) is 98.6 cm³/mol. The molecule has 8 nitrogen and oxygen atoms in total. The molecule has 0 unspecified atom stereocenters. The van der Waals surface area contributed by atoms with E-state index in [9.17, 15) is 4.79 Å². The summed E-state index contributed by atoms with van der Waals surface area (Å²) in [5.41, 5.74) is 1.35. The molecule has 1 aliphatic rings. The quantitative estimate of drug-likeness (QED) is 0.655. The highest BCUT2D eigenvalue weighted by Gasteiger charge is 2.24. The summed E-state index contributed by atoms with van der Waals surface area (Å²) in [5, 5.41) is 8.71. The zero-order chi connectivity index (χ0) is 18.8. The van der Waals surface area contributed by atoms with Crippen molar-refractivity contribution in [1.29, 1.82) is 0 Å². The number of methoxy groups -OCH3 is 2. The van der Waals surface area contributed by atoms with Crippen LogP contribution in [-0.4, -0.2) is 46.5 Å². The van der Waals surface area contributed by atoms with Gasteiger partial charge in [-0.05, 0) is 12.1 Å². The molecular weight excluding hydrogens is 346 g/mol. The Morgan fingerprint density at radius 1 is 1.04 bits per heavy atom. The molecule has 138 valence electrons. The van der Waals surface area contributed by atoms with Gasteiger partial charge >= 0.3 is 5.97 Å². The highest BCUT2D eigenvalue weighted by atomic mass is 16.5. The first-order valence-corrected chi connectivity index (χ1v) is 8.57. The highest BCUT2D eigenvalue weighted by Crippen LogP contribution is 2.26. The van der Waals surface area contributed by atoms with Crippen LogP contribution in [0.5, 0.6) is 5.88 Å². The molecule has 3 heterocycles. The number of pyridine rings is 1. The Hall–Kier alpha value is -3.42. The minimum absolute atomic E-state index is 0.247. The van der Waals surface area contributed by atoms with Crippen LogP contribution in [0.2, 0.25) is 0 Å². The number of carbonyl (C=O) groups is 1. The molecule has 0 bridgehead atoms. The molecule has 0 atom stereocenters. The lowest BCUT2D eigenvalue weighted by Gasteiger charge is -2.29. The molecule has 0 aliphatic carbocycles. The fourth-order valence-corrected chi connectivity index (χ4v) is 3.18. The van der Waals surface area contributed by atoms with Crippen LogP contribution in [0.4, 0.5) is 5.82 Å². The van der Waals surface area contributed by atoms with Crippen LogP contribution in [-0.2, 0) is 17.8 Å². The van der Waals surface area contributed by atoms with Crippen LogP contribution in [0.1, 0.15) is 16.2 Å². The number of carbonyl (C=O) groups excluding carboxylic acids is 1. The van der Waals surface area contributed by atoms with Gasteiger partial charge in [0, 0.05) is 18.7 Å². The van der Waals surface area contributed by atoms with E-state index in [1.165, 1.54) is 14.2 Å². The van der Waals surface area contributed by atoms with Gasteiger partial charge in [0.15, 0.2) is 11.6 Å². The van der Waals surface area contributed by atoms with Gasteiger partial charge in [0.1, 0.15) is 11.4 Å². The smallest absolute Gasteiger partial charge is 0.343 e. The van der Waals surface area contributed by atoms with E-state index in [0.29, 0.717) is 12.1 Å². The molecule has 3 aromatic rings. The molecular formula is C19H19N5O3. The number of fused-ring (bicyclic) bond motifs is 1. The summed E-state index contributed by atoms with van der Waals surface area (Å²) in [7, 11) is 2.81. The molecule has 8 heteroatoms. The topological polar surface area (TPSA) is 82.4 Å². The third-order valence-electron chi connectivity index (χ3n) is 4.55. The lowest BCUT2D eigenvalue weighted by molar-refractivity contribution is 0.0596. The van der Waals surface area contributed by atoms with E-state index in [2.05, 4.69) is 24.6 Å².